The number of rotatable bonds is 7. The Hall–Kier alpha value is -3.38. The Morgan fingerprint density at radius 3 is 2.61 bits per heavy atom. The Morgan fingerprint density at radius 1 is 1.11 bits per heavy atom. The van der Waals surface area contributed by atoms with Crippen molar-refractivity contribution >= 4 is 35.2 Å². The van der Waals surface area contributed by atoms with Gasteiger partial charge in [0.2, 0.25) is 0 Å². The first kappa shape index (κ1) is 19.4. The molecule has 142 valence electrons. The van der Waals surface area contributed by atoms with Crippen LogP contribution in [0.25, 0.3) is 6.08 Å². The fourth-order valence-corrected chi connectivity index (χ4v) is 2.53. The quantitative estimate of drug-likeness (QED) is 0.488. The number of anilines is 1. The number of benzene rings is 2. The smallest absolute Gasteiger partial charge is 0.331 e. The van der Waals surface area contributed by atoms with Gasteiger partial charge < -0.3 is 10.1 Å². The predicted molar refractivity (Wildman–Crippen MR) is 108 cm³/mol. The van der Waals surface area contributed by atoms with E-state index in [0.717, 1.165) is 11.1 Å². The molecular formula is C21H18ClN3O3. The third kappa shape index (κ3) is 6.10. The van der Waals surface area contributed by atoms with E-state index in [1.54, 1.807) is 41.2 Å². The molecule has 0 aliphatic rings. The van der Waals surface area contributed by atoms with Gasteiger partial charge in [0, 0.05) is 28.5 Å². The summed E-state index contributed by atoms with van der Waals surface area (Å²) in [6, 6.07) is 16.6. The lowest BCUT2D eigenvalue weighted by Gasteiger charge is -2.05. The molecule has 0 atom stereocenters. The number of hydrogen-bond acceptors (Lipinski definition) is 4. The number of nitrogens with one attached hydrogen (secondary N) is 1. The molecule has 0 fully saturated rings. The molecule has 0 aliphatic carbocycles. The summed E-state index contributed by atoms with van der Waals surface area (Å²) in [4.78, 5) is 23.6. The van der Waals surface area contributed by atoms with Crippen molar-refractivity contribution in [1.29, 1.82) is 0 Å². The Morgan fingerprint density at radius 2 is 1.86 bits per heavy atom. The van der Waals surface area contributed by atoms with Crippen molar-refractivity contribution in [2.24, 2.45) is 0 Å². The van der Waals surface area contributed by atoms with E-state index in [-0.39, 0.29) is 6.61 Å². The van der Waals surface area contributed by atoms with Crippen LogP contribution in [0.3, 0.4) is 0 Å². The van der Waals surface area contributed by atoms with Crippen molar-refractivity contribution in [2.75, 3.05) is 11.9 Å². The molecule has 0 aliphatic heterocycles. The molecule has 3 rings (SSSR count). The van der Waals surface area contributed by atoms with E-state index >= 15 is 0 Å². The number of aromatic nitrogens is 2. The molecule has 0 unspecified atom stereocenters. The van der Waals surface area contributed by atoms with Crippen LogP contribution < -0.4 is 5.32 Å². The SMILES string of the molecule is O=C(COC(=O)/C=C/c1cnn(Cc2ccccc2)c1)Nc1ccc(Cl)cc1. The molecule has 6 nitrogen and oxygen atoms in total. The van der Waals surface area contributed by atoms with E-state index in [0.29, 0.717) is 17.3 Å². The van der Waals surface area contributed by atoms with E-state index in [4.69, 9.17) is 16.3 Å². The molecule has 0 radical (unpaired) electrons. The molecule has 28 heavy (non-hydrogen) atoms. The summed E-state index contributed by atoms with van der Waals surface area (Å²) >= 11 is 5.78. The number of halogens is 1. The van der Waals surface area contributed by atoms with Gasteiger partial charge in [-0.25, -0.2) is 4.79 Å². The fraction of sp³-hybridized carbons (Fsp3) is 0.0952. The van der Waals surface area contributed by atoms with Gasteiger partial charge in [-0.1, -0.05) is 41.9 Å². The highest BCUT2D eigenvalue weighted by Gasteiger charge is 2.06. The molecule has 1 heterocycles. The largest absolute Gasteiger partial charge is 0.452 e. The number of carbonyl (C=O) groups is 2. The summed E-state index contributed by atoms with van der Waals surface area (Å²) in [7, 11) is 0. The van der Waals surface area contributed by atoms with E-state index in [2.05, 4.69) is 10.4 Å². The zero-order valence-electron chi connectivity index (χ0n) is 14.9. The molecule has 0 saturated carbocycles. The van der Waals surface area contributed by atoms with Crippen molar-refractivity contribution in [3.05, 3.63) is 89.2 Å². The van der Waals surface area contributed by atoms with Gasteiger partial charge >= 0.3 is 5.97 Å². The second kappa shape index (κ2) is 9.53. The van der Waals surface area contributed by atoms with Crippen LogP contribution in [0.1, 0.15) is 11.1 Å². The Bertz CT molecular complexity index is 966. The first-order chi connectivity index (χ1) is 13.6. The second-order valence-electron chi connectivity index (χ2n) is 5.95. The third-order valence-corrected chi connectivity index (χ3v) is 3.98. The summed E-state index contributed by atoms with van der Waals surface area (Å²) < 4.78 is 6.71. The van der Waals surface area contributed by atoms with E-state index < -0.39 is 11.9 Å². The van der Waals surface area contributed by atoms with Crippen molar-refractivity contribution < 1.29 is 14.3 Å². The fourth-order valence-electron chi connectivity index (χ4n) is 2.40. The Labute approximate surface area is 167 Å². The van der Waals surface area contributed by atoms with Gasteiger partial charge in [0.1, 0.15) is 0 Å². The highest BCUT2D eigenvalue weighted by molar-refractivity contribution is 6.30. The van der Waals surface area contributed by atoms with Gasteiger partial charge in [-0.2, -0.15) is 5.10 Å². The average Bonchev–Trinajstić information content (AvgIpc) is 3.15. The van der Waals surface area contributed by atoms with Gasteiger partial charge in [0.25, 0.3) is 5.91 Å². The molecule has 3 aromatic rings. The maximum atomic E-state index is 11.8. The van der Waals surface area contributed by atoms with Crippen LogP contribution in [-0.2, 0) is 20.9 Å². The number of carbonyl (C=O) groups excluding carboxylic acids is 2. The van der Waals surface area contributed by atoms with E-state index in [1.807, 2.05) is 36.5 Å². The third-order valence-electron chi connectivity index (χ3n) is 3.73. The number of amides is 1. The van der Waals surface area contributed by atoms with Crippen molar-refractivity contribution in [3.8, 4) is 0 Å². The molecule has 1 amide bonds. The average molecular weight is 396 g/mol. The molecule has 1 aromatic heterocycles. The van der Waals surface area contributed by atoms with Gasteiger partial charge in [-0.3, -0.25) is 9.48 Å². The predicted octanol–water partition coefficient (Wildman–Crippen LogP) is 3.78. The number of hydrogen-bond donors (Lipinski definition) is 1. The monoisotopic (exact) mass is 395 g/mol. The minimum absolute atomic E-state index is 0.376. The van der Waals surface area contributed by atoms with Gasteiger partial charge in [-0.05, 0) is 35.9 Å². The lowest BCUT2D eigenvalue weighted by atomic mass is 10.2. The lowest BCUT2D eigenvalue weighted by Crippen LogP contribution is -2.20. The van der Waals surface area contributed by atoms with Crippen LogP contribution in [-0.4, -0.2) is 28.3 Å². The molecule has 0 bridgehead atoms. The zero-order valence-corrected chi connectivity index (χ0v) is 15.7. The molecule has 7 heteroatoms. The maximum Gasteiger partial charge on any atom is 0.331 e. The summed E-state index contributed by atoms with van der Waals surface area (Å²) in [6.45, 7) is 0.267. The van der Waals surface area contributed by atoms with Crippen LogP contribution in [0.5, 0.6) is 0 Å². The molecule has 0 saturated heterocycles. The molecule has 2 aromatic carbocycles. The topological polar surface area (TPSA) is 73.2 Å². The van der Waals surface area contributed by atoms with Crippen LogP contribution >= 0.6 is 11.6 Å². The van der Waals surface area contributed by atoms with Gasteiger partial charge in [-0.15, -0.1) is 0 Å². The summed E-state index contributed by atoms with van der Waals surface area (Å²) in [5.41, 5.74) is 2.47. The van der Waals surface area contributed by atoms with Crippen molar-refractivity contribution in [3.63, 3.8) is 0 Å². The Kier molecular flexibility index (Phi) is 6.59. The molecule has 0 spiro atoms. The number of esters is 1. The van der Waals surface area contributed by atoms with Crippen LogP contribution in [0, 0.1) is 0 Å². The molecule has 1 N–H and O–H groups in total. The highest BCUT2D eigenvalue weighted by Crippen LogP contribution is 2.13. The standard InChI is InChI=1S/C21H18ClN3O3/c22-18-7-9-19(10-8-18)24-20(26)15-28-21(27)11-6-17-12-23-25(14-17)13-16-4-2-1-3-5-16/h1-12,14H,13,15H2,(H,24,26)/b11-6+. The van der Waals surface area contributed by atoms with Crippen molar-refractivity contribution in [1.82, 2.24) is 9.78 Å². The van der Waals surface area contributed by atoms with Crippen LogP contribution in [0.2, 0.25) is 5.02 Å². The van der Waals surface area contributed by atoms with E-state index in [9.17, 15) is 9.59 Å². The molecular weight excluding hydrogens is 378 g/mol. The van der Waals surface area contributed by atoms with Crippen LogP contribution in [0.4, 0.5) is 5.69 Å². The second-order valence-corrected chi connectivity index (χ2v) is 6.39. The number of nitrogens with zero attached hydrogens (tertiary/aromatic N) is 2. The van der Waals surface area contributed by atoms with E-state index in [1.165, 1.54) is 6.08 Å². The van der Waals surface area contributed by atoms with Gasteiger partial charge in [0.15, 0.2) is 6.61 Å². The normalized spacial score (nSPS) is 10.8. The first-order valence-electron chi connectivity index (χ1n) is 8.55. The zero-order chi connectivity index (χ0) is 19.8. The maximum absolute atomic E-state index is 11.8. The Balaban J connectivity index is 1.44. The first-order valence-corrected chi connectivity index (χ1v) is 8.93. The minimum Gasteiger partial charge on any atom is -0.452 e. The van der Waals surface area contributed by atoms with Crippen LogP contribution in [0.15, 0.2) is 73.1 Å². The summed E-state index contributed by atoms with van der Waals surface area (Å²) in [6.07, 6.45) is 6.33. The van der Waals surface area contributed by atoms with Crippen molar-refractivity contribution in [2.45, 2.75) is 6.54 Å². The minimum atomic E-state index is -0.609. The number of ether oxygens (including phenoxy) is 1. The van der Waals surface area contributed by atoms with Gasteiger partial charge in [0.05, 0.1) is 12.7 Å². The highest BCUT2D eigenvalue weighted by atomic mass is 35.5. The lowest BCUT2D eigenvalue weighted by molar-refractivity contribution is -0.142. The summed E-state index contributed by atoms with van der Waals surface area (Å²) in [5, 5.41) is 7.44. The summed E-state index contributed by atoms with van der Waals surface area (Å²) in [5.74, 6) is -1.04.